The molecular formula is C19H18N2O3. The van der Waals surface area contributed by atoms with Crippen LogP contribution < -0.4 is 9.47 Å². The molecule has 0 saturated carbocycles. The summed E-state index contributed by atoms with van der Waals surface area (Å²) in [7, 11) is 3.22. The Morgan fingerprint density at radius 2 is 1.67 bits per heavy atom. The summed E-state index contributed by atoms with van der Waals surface area (Å²) >= 11 is 0. The molecule has 2 aromatic carbocycles. The Morgan fingerprint density at radius 3 is 2.38 bits per heavy atom. The summed E-state index contributed by atoms with van der Waals surface area (Å²) in [4.78, 5) is 4.38. The predicted octanol–water partition coefficient (Wildman–Crippen LogP) is 4.23. The zero-order valence-electron chi connectivity index (χ0n) is 13.8. The molecule has 0 spiro atoms. The van der Waals surface area contributed by atoms with E-state index in [4.69, 9.17) is 14.0 Å². The van der Waals surface area contributed by atoms with Gasteiger partial charge in [-0.2, -0.15) is 4.98 Å². The van der Waals surface area contributed by atoms with Gasteiger partial charge in [0.25, 0.3) is 5.89 Å². The fourth-order valence-electron chi connectivity index (χ4n) is 2.25. The highest BCUT2D eigenvalue weighted by Crippen LogP contribution is 2.28. The summed E-state index contributed by atoms with van der Waals surface area (Å²) in [6, 6.07) is 13.6. The molecule has 0 aliphatic carbocycles. The van der Waals surface area contributed by atoms with Crippen molar-refractivity contribution in [3.05, 3.63) is 59.5 Å². The summed E-state index contributed by atoms with van der Waals surface area (Å²) in [6.07, 6.45) is 3.65. The van der Waals surface area contributed by atoms with Crippen LogP contribution in [-0.2, 0) is 0 Å². The largest absolute Gasteiger partial charge is 0.493 e. The summed E-state index contributed by atoms with van der Waals surface area (Å²) in [6.45, 7) is 2.04. The second kappa shape index (κ2) is 7.00. The fraction of sp³-hybridized carbons (Fsp3) is 0.158. The summed E-state index contributed by atoms with van der Waals surface area (Å²) in [5, 5.41) is 4.01. The van der Waals surface area contributed by atoms with Crippen LogP contribution in [0.25, 0.3) is 23.5 Å². The highest BCUT2D eigenvalue weighted by molar-refractivity contribution is 5.68. The number of aromatic nitrogens is 2. The molecule has 0 aliphatic rings. The van der Waals surface area contributed by atoms with E-state index in [9.17, 15) is 0 Å². The minimum Gasteiger partial charge on any atom is -0.493 e. The molecule has 0 fully saturated rings. The van der Waals surface area contributed by atoms with Gasteiger partial charge in [0.2, 0.25) is 5.82 Å². The van der Waals surface area contributed by atoms with Crippen LogP contribution in [0.3, 0.4) is 0 Å². The molecule has 0 aliphatic heterocycles. The molecule has 0 N–H and O–H groups in total. The van der Waals surface area contributed by atoms with Crippen LogP contribution in [0.1, 0.15) is 17.0 Å². The van der Waals surface area contributed by atoms with Crippen molar-refractivity contribution in [2.24, 2.45) is 0 Å². The van der Waals surface area contributed by atoms with Gasteiger partial charge >= 0.3 is 0 Å². The summed E-state index contributed by atoms with van der Waals surface area (Å²) in [5.74, 6) is 2.38. The Hall–Kier alpha value is -3.08. The van der Waals surface area contributed by atoms with Crippen molar-refractivity contribution in [1.82, 2.24) is 10.1 Å². The molecule has 0 saturated heterocycles. The van der Waals surface area contributed by atoms with Gasteiger partial charge < -0.3 is 14.0 Å². The SMILES string of the molecule is COc1ccc(C=Cc2nc(-c3ccc(C)cc3)no2)cc1OC. The zero-order chi connectivity index (χ0) is 16.9. The van der Waals surface area contributed by atoms with E-state index in [2.05, 4.69) is 10.1 Å². The number of nitrogens with zero attached hydrogens (tertiary/aromatic N) is 2. The molecule has 5 nitrogen and oxygen atoms in total. The Kier molecular flexibility index (Phi) is 4.61. The number of methoxy groups -OCH3 is 2. The van der Waals surface area contributed by atoms with Crippen LogP contribution in [0.15, 0.2) is 47.0 Å². The number of hydrogen-bond acceptors (Lipinski definition) is 5. The number of ether oxygens (including phenoxy) is 2. The van der Waals surface area contributed by atoms with Crippen molar-refractivity contribution in [1.29, 1.82) is 0 Å². The van der Waals surface area contributed by atoms with Crippen molar-refractivity contribution in [3.63, 3.8) is 0 Å². The first-order valence-corrected chi connectivity index (χ1v) is 7.50. The lowest BCUT2D eigenvalue weighted by molar-refractivity contribution is 0.355. The van der Waals surface area contributed by atoms with Gasteiger partial charge in [0.15, 0.2) is 11.5 Å². The van der Waals surface area contributed by atoms with Gasteiger partial charge in [0.05, 0.1) is 14.2 Å². The van der Waals surface area contributed by atoms with Gasteiger partial charge in [-0.15, -0.1) is 0 Å². The third kappa shape index (κ3) is 3.46. The first kappa shape index (κ1) is 15.8. The molecule has 3 rings (SSSR count). The second-order valence-electron chi connectivity index (χ2n) is 5.27. The molecule has 1 heterocycles. The summed E-state index contributed by atoms with van der Waals surface area (Å²) in [5.41, 5.74) is 3.06. The van der Waals surface area contributed by atoms with Gasteiger partial charge in [-0.1, -0.05) is 41.1 Å². The standard InChI is InChI=1S/C19H18N2O3/c1-13-4-8-15(9-5-13)19-20-18(24-21-19)11-7-14-6-10-16(22-2)17(12-14)23-3/h4-12H,1-3H3. The maximum absolute atomic E-state index is 5.29. The second-order valence-corrected chi connectivity index (χ2v) is 5.27. The average Bonchev–Trinajstić information content (AvgIpc) is 3.09. The van der Waals surface area contributed by atoms with E-state index < -0.39 is 0 Å². The van der Waals surface area contributed by atoms with Crippen LogP contribution in [0.4, 0.5) is 0 Å². The molecule has 3 aromatic rings. The molecular weight excluding hydrogens is 304 g/mol. The lowest BCUT2D eigenvalue weighted by atomic mass is 10.1. The fourth-order valence-corrected chi connectivity index (χ4v) is 2.25. The molecule has 1 aromatic heterocycles. The van der Waals surface area contributed by atoms with Crippen LogP contribution in [-0.4, -0.2) is 24.4 Å². The van der Waals surface area contributed by atoms with E-state index in [1.807, 2.05) is 55.5 Å². The third-order valence-corrected chi connectivity index (χ3v) is 3.58. The molecule has 122 valence electrons. The number of rotatable bonds is 5. The molecule has 0 radical (unpaired) electrons. The topological polar surface area (TPSA) is 57.4 Å². The number of aryl methyl sites for hydroxylation is 1. The van der Waals surface area contributed by atoms with Crippen molar-refractivity contribution in [2.75, 3.05) is 14.2 Å². The van der Waals surface area contributed by atoms with Crippen LogP contribution in [0.2, 0.25) is 0 Å². The van der Waals surface area contributed by atoms with Crippen molar-refractivity contribution >= 4 is 12.2 Å². The lowest BCUT2D eigenvalue weighted by Crippen LogP contribution is -1.90. The Morgan fingerprint density at radius 1 is 0.917 bits per heavy atom. The van der Waals surface area contributed by atoms with Crippen molar-refractivity contribution in [3.8, 4) is 22.9 Å². The Balaban J connectivity index is 1.79. The lowest BCUT2D eigenvalue weighted by Gasteiger charge is -2.07. The highest BCUT2D eigenvalue weighted by atomic mass is 16.5. The number of benzene rings is 2. The van der Waals surface area contributed by atoms with E-state index in [0.29, 0.717) is 23.2 Å². The van der Waals surface area contributed by atoms with Gasteiger partial charge in [0, 0.05) is 11.6 Å². The monoisotopic (exact) mass is 322 g/mol. The first-order chi connectivity index (χ1) is 11.7. The van der Waals surface area contributed by atoms with Crippen molar-refractivity contribution in [2.45, 2.75) is 6.92 Å². The van der Waals surface area contributed by atoms with Gasteiger partial charge in [-0.3, -0.25) is 0 Å². The smallest absolute Gasteiger partial charge is 0.250 e. The van der Waals surface area contributed by atoms with Gasteiger partial charge in [-0.25, -0.2) is 0 Å². The Bertz CT molecular complexity index is 851. The van der Waals surface area contributed by atoms with E-state index in [1.54, 1.807) is 20.3 Å². The summed E-state index contributed by atoms with van der Waals surface area (Å²) < 4.78 is 15.8. The zero-order valence-corrected chi connectivity index (χ0v) is 13.8. The van der Waals surface area contributed by atoms with Crippen molar-refractivity contribution < 1.29 is 14.0 Å². The quantitative estimate of drug-likeness (QED) is 0.703. The molecule has 0 unspecified atom stereocenters. The molecule has 5 heteroatoms. The van der Waals surface area contributed by atoms with Gasteiger partial charge in [-0.05, 0) is 30.7 Å². The maximum Gasteiger partial charge on any atom is 0.250 e. The van der Waals surface area contributed by atoms with Gasteiger partial charge in [0.1, 0.15) is 0 Å². The van der Waals surface area contributed by atoms with E-state index in [0.717, 1.165) is 11.1 Å². The minimum absolute atomic E-state index is 0.445. The van der Waals surface area contributed by atoms with E-state index in [1.165, 1.54) is 5.56 Å². The number of hydrogen-bond donors (Lipinski definition) is 0. The molecule has 0 atom stereocenters. The average molecular weight is 322 g/mol. The molecule has 0 amide bonds. The highest BCUT2D eigenvalue weighted by Gasteiger charge is 2.07. The third-order valence-electron chi connectivity index (χ3n) is 3.58. The normalized spacial score (nSPS) is 11.0. The van der Waals surface area contributed by atoms with Crippen LogP contribution in [0, 0.1) is 6.92 Å². The first-order valence-electron chi connectivity index (χ1n) is 7.50. The molecule has 24 heavy (non-hydrogen) atoms. The van der Waals surface area contributed by atoms with Crippen LogP contribution in [0.5, 0.6) is 11.5 Å². The minimum atomic E-state index is 0.445. The predicted molar refractivity (Wildman–Crippen MR) is 92.9 cm³/mol. The van der Waals surface area contributed by atoms with E-state index >= 15 is 0 Å². The molecule has 0 bridgehead atoms. The Labute approximate surface area is 140 Å². The van der Waals surface area contributed by atoms with Crippen LogP contribution >= 0.6 is 0 Å². The van der Waals surface area contributed by atoms with E-state index in [-0.39, 0.29) is 0 Å². The maximum atomic E-state index is 5.29.